The van der Waals surface area contributed by atoms with Crippen LogP contribution in [-0.2, 0) is 14.4 Å². The molecule has 2 amide bonds. The topological polar surface area (TPSA) is 54.5 Å². The van der Waals surface area contributed by atoms with Crippen LogP contribution in [0.1, 0.15) is 13.8 Å². The van der Waals surface area contributed by atoms with Crippen LogP contribution in [-0.4, -0.2) is 74.9 Å². The molecule has 8 heteroatoms. The maximum absolute atomic E-state index is 12.9. The van der Waals surface area contributed by atoms with E-state index in [1.54, 1.807) is 0 Å². The molecule has 1 saturated carbocycles. The molecule has 0 spiro atoms. The Morgan fingerprint density at radius 3 is 2.21 bits per heavy atom. The molecular weight excluding hydrogens is 355 g/mol. The first kappa shape index (κ1) is 14.6. The van der Waals surface area contributed by atoms with Crippen LogP contribution in [0.2, 0.25) is 0 Å². The minimum atomic E-state index is -1.02. The highest BCUT2D eigenvalue weighted by atomic mass is 79.9. The number of hydrogen-bond donors (Lipinski definition) is 0. The quantitative estimate of drug-likeness (QED) is 0.276. The molecule has 4 unspecified atom stereocenters. The van der Waals surface area contributed by atoms with Crippen molar-refractivity contribution >= 4 is 82.6 Å². The van der Waals surface area contributed by atoms with Gasteiger partial charge in [-0.2, -0.15) is 0 Å². The van der Waals surface area contributed by atoms with Crippen molar-refractivity contribution < 1.29 is 14.4 Å². The molecule has 1 saturated heterocycles. The van der Waals surface area contributed by atoms with Crippen molar-refractivity contribution in [3.63, 3.8) is 0 Å². The van der Waals surface area contributed by atoms with E-state index in [4.69, 9.17) is 0 Å². The molecule has 2 fully saturated rings. The summed E-state index contributed by atoms with van der Waals surface area (Å²) in [4.78, 5) is 38.0. The van der Waals surface area contributed by atoms with Gasteiger partial charge in [0.15, 0.2) is 5.78 Å². The molecule has 2 aliphatic carbocycles. The van der Waals surface area contributed by atoms with Gasteiger partial charge in [0, 0.05) is 5.41 Å². The Balaban J connectivity index is 2.42. The van der Waals surface area contributed by atoms with Crippen molar-refractivity contribution in [2.24, 2.45) is 16.7 Å². The normalized spacial score (nSPS) is 48.5. The summed E-state index contributed by atoms with van der Waals surface area (Å²) in [7, 11) is 0. The highest BCUT2D eigenvalue weighted by molar-refractivity contribution is 9.10. The van der Waals surface area contributed by atoms with Gasteiger partial charge in [0.1, 0.15) is 4.32 Å². The third kappa shape index (κ3) is 1.13. The molecule has 0 radical (unpaired) electrons. The molecule has 3 rings (SSSR count). The highest BCUT2D eigenvalue weighted by Gasteiger charge is 2.82. The number of imide groups is 1. The largest absolute Gasteiger partial charge is 0.384 e. The molecule has 0 aromatic heterocycles. The Labute approximate surface area is 143 Å². The SMILES string of the molecule is CC12C(=O)C(C)([C]([AlH2])=[C]1[AlH2])C1(Br)C(=O)[N]([AlH2])C(=O)C21. The number of allylic oxidation sites excluding steroid dienone is 2. The fourth-order valence-electron chi connectivity index (χ4n) is 4.39. The lowest BCUT2D eigenvalue weighted by Crippen LogP contribution is -2.51. The van der Waals surface area contributed by atoms with E-state index in [9.17, 15) is 14.4 Å². The average Bonchev–Trinajstić information content (AvgIpc) is 2.69. The van der Waals surface area contributed by atoms with E-state index in [-0.39, 0.29) is 17.6 Å². The van der Waals surface area contributed by atoms with E-state index >= 15 is 0 Å². The molecule has 2 bridgehead atoms. The zero-order valence-electron chi connectivity index (χ0n) is 11.6. The smallest absolute Gasteiger partial charge is 0.379 e. The van der Waals surface area contributed by atoms with E-state index < -0.39 is 21.1 Å². The summed E-state index contributed by atoms with van der Waals surface area (Å²) in [6.45, 7) is 3.74. The molecule has 1 heterocycles. The fraction of sp³-hybridized carbons (Fsp3) is 0.545. The Bertz CT molecular complexity index is 620. The van der Waals surface area contributed by atoms with Crippen LogP contribution in [0.3, 0.4) is 0 Å². The van der Waals surface area contributed by atoms with Crippen LogP contribution < -0.4 is 0 Å². The standard InChI is InChI=1S/C11H8BrNO3.3Al.6H/c1-9-3-4-10(2,7(9)15)11(12)5(9)6(14)13-8(11)16;;;;;;;;;/h5H,1-2H3,(H,13,14,16);;;;;;;;;/q;;;+1;;;;;;/p-1. The summed E-state index contributed by atoms with van der Waals surface area (Å²) >= 11 is 5.51. The number of nitrogens with zero attached hydrogens (tertiary/aromatic N) is 1. The summed E-state index contributed by atoms with van der Waals surface area (Å²) in [5, 5.41) is 0. The minimum Gasteiger partial charge on any atom is -0.384 e. The monoisotopic (exact) mass is 367 g/mol. The van der Waals surface area contributed by atoms with Crippen molar-refractivity contribution in [3.8, 4) is 0 Å². The third-order valence-corrected chi connectivity index (χ3v) is 12.9. The number of Topliss-reactive ketones (excluding diaryl/α,β-unsaturated/α-hetero) is 1. The van der Waals surface area contributed by atoms with E-state index in [1.165, 1.54) is 3.88 Å². The molecule has 3 aliphatic rings. The van der Waals surface area contributed by atoms with Crippen LogP contribution in [0.15, 0.2) is 8.87 Å². The van der Waals surface area contributed by atoms with Crippen LogP contribution in [0.4, 0.5) is 0 Å². The van der Waals surface area contributed by atoms with Gasteiger partial charge < -0.3 is 3.88 Å². The number of hydrogen-bond acceptors (Lipinski definition) is 3. The van der Waals surface area contributed by atoms with E-state index in [0.717, 1.165) is 41.5 Å². The zero-order chi connectivity index (χ0) is 14.5. The van der Waals surface area contributed by atoms with Crippen molar-refractivity contribution in [1.82, 2.24) is 3.88 Å². The van der Waals surface area contributed by atoms with Crippen LogP contribution in [0.25, 0.3) is 0 Å². The Morgan fingerprint density at radius 1 is 1.16 bits per heavy atom. The summed E-state index contributed by atoms with van der Waals surface area (Å²) < 4.78 is 2.61. The van der Waals surface area contributed by atoms with Gasteiger partial charge in [-0.1, -0.05) is 15.9 Å². The second-order valence-electron chi connectivity index (χ2n) is 6.25. The van der Waals surface area contributed by atoms with Crippen LogP contribution in [0.5, 0.6) is 0 Å². The van der Waals surface area contributed by atoms with Crippen LogP contribution >= 0.6 is 15.9 Å². The summed E-state index contributed by atoms with van der Waals surface area (Å²) in [5.41, 5.74) is -1.55. The first-order chi connectivity index (χ1) is 8.57. The second kappa shape index (κ2) is 3.69. The molecule has 0 aromatic rings. The molecular formula is C11H13Al3BrNO3. The van der Waals surface area contributed by atoms with Crippen molar-refractivity contribution in [2.45, 2.75) is 18.2 Å². The lowest BCUT2D eigenvalue weighted by atomic mass is 9.72. The van der Waals surface area contributed by atoms with Crippen molar-refractivity contribution in [3.05, 3.63) is 8.87 Å². The van der Waals surface area contributed by atoms with Gasteiger partial charge in [-0.3, -0.25) is 14.4 Å². The lowest BCUT2D eigenvalue weighted by molar-refractivity contribution is -0.140. The molecule has 1 aliphatic heterocycles. The average molecular weight is 368 g/mol. The first-order valence-electron chi connectivity index (χ1n) is 6.31. The molecule has 19 heavy (non-hydrogen) atoms. The fourth-order valence-corrected chi connectivity index (χ4v) is 9.25. The molecule has 0 aromatic carbocycles. The summed E-state index contributed by atoms with van der Waals surface area (Å²) in [5.74, 6) is -0.812. The van der Waals surface area contributed by atoms with Gasteiger partial charge in [0.2, 0.25) is 11.8 Å². The predicted octanol–water partition coefficient (Wildman–Crippen LogP) is -2.26. The second-order valence-corrected chi connectivity index (χ2v) is 10.4. The van der Waals surface area contributed by atoms with Gasteiger partial charge >= 0.3 is 16.5 Å². The lowest BCUT2D eigenvalue weighted by Gasteiger charge is -2.40. The summed E-state index contributed by atoms with van der Waals surface area (Å²) in [6.07, 6.45) is 0. The maximum atomic E-state index is 12.9. The number of ketones is 1. The highest BCUT2D eigenvalue weighted by Crippen LogP contribution is 2.72. The van der Waals surface area contributed by atoms with Gasteiger partial charge in [-0.05, 0) is 13.8 Å². The first-order valence-corrected chi connectivity index (χ1v) is 10.00. The van der Waals surface area contributed by atoms with Crippen molar-refractivity contribution in [1.29, 1.82) is 0 Å². The predicted molar refractivity (Wildman–Crippen MR) is 80.9 cm³/mol. The Morgan fingerprint density at radius 2 is 1.68 bits per heavy atom. The third-order valence-electron chi connectivity index (χ3n) is 5.91. The molecule has 4 atom stereocenters. The van der Waals surface area contributed by atoms with Crippen molar-refractivity contribution in [2.75, 3.05) is 0 Å². The van der Waals surface area contributed by atoms with E-state index in [2.05, 4.69) is 15.9 Å². The number of alkyl halides is 1. The maximum Gasteiger partial charge on any atom is 0.379 e. The van der Waals surface area contributed by atoms with E-state index in [1.807, 2.05) is 13.8 Å². The molecule has 4 nitrogen and oxygen atoms in total. The van der Waals surface area contributed by atoms with Gasteiger partial charge in [-0.25, -0.2) is 0 Å². The number of amides is 2. The molecule has 96 valence electrons. The van der Waals surface area contributed by atoms with Crippen LogP contribution in [0, 0.1) is 16.7 Å². The number of halogens is 1. The Hall–Kier alpha value is 0.627. The number of carbonyl (C=O) groups is 3. The number of fused-ring (bicyclic) bond motifs is 5. The Kier molecular flexibility index (Phi) is 2.82. The van der Waals surface area contributed by atoms with Gasteiger partial charge in [-0.15, -0.1) is 8.87 Å². The van der Waals surface area contributed by atoms with Gasteiger partial charge in [0.25, 0.3) is 32.6 Å². The summed E-state index contributed by atoms with van der Waals surface area (Å²) in [6, 6.07) is 0. The molecule has 0 N–H and O–H groups in total. The number of carbonyl (C=O) groups excluding carboxylic acids is 3. The zero-order valence-corrected chi connectivity index (χ0v) is 19.2. The number of rotatable bonds is 0. The van der Waals surface area contributed by atoms with Gasteiger partial charge in [0.05, 0.1) is 11.3 Å². The van der Waals surface area contributed by atoms with E-state index in [0.29, 0.717) is 16.5 Å². The minimum absolute atomic E-state index is 0.0772.